The van der Waals surface area contributed by atoms with Gasteiger partial charge in [0, 0.05) is 33.8 Å². The molecule has 7 heteroatoms. The van der Waals surface area contributed by atoms with Gasteiger partial charge in [0.15, 0.2) is 5.65 Å². The number of amides is 2. The Hall–Kier alpha value is -2.44. The zero-order valence-corrected chi connectivity index (χ0v) is 13.0. The lowest BCUT2D eigenvalue weighted by Crippen LogP contribution is -2.29. The number of hydrogen-bond acceptors (Lipinski definition) is 4. The molecule has 22 heavy (non-hydrogen) atoms. The van der Waals surface area contributed by atoms with Crippen LogP contribution in [-0.2, 0) is 4.79 Å². The Balaban J connectivity index is 2.09. The van der Waals surface area contributed by atoms with E-state index >= 15 is 0 Å². The average molecular weight is 301 g/mol. The van der Waals surface area contributed by atoms with Crippen LogP contribution in [0.3, 0.4) is 0 Å². The number of carbonyl (C=O) groups excluding carboxylic acids is 2. The summed E-state index contributed by atoms with van der Waals surface area (Å²) < 4.78 is 1.68. The molecule has 0 unspecified atom stereocenters. The number of fused-ring (bicyclic) bond motifs is 1. The van der Waals surface area contributed by atoms with Gasteiger partial charge in [-0.05, 0) is 18.9 Å². The number of carbonyl (C=O) groups is 2. The van der Waals surface area contributed by atoms with Gasteiger partial charge in [-0.15, -0.1) is 0 Å². The highest BCUT2D eigenvalue weighted by Gasteiger charge is 2.30. The van der Waals surface area contributed by atoms with E-state index in [0.29, 0.717) is 11.2 Å². The van der Waals surface area contributed by atoms with E-state index in [1.54, 1.807) is 37.9 Å². The lowest BCUT2D eigenvalue weighted by Gasteiger charge is -2.23. The van der Waals surface area contributed by atoms with Crippen LogP contribution in [0.25, 0.3) is 5.65 Å². The van der Waals surface area contributed by atoms with Crippen LogP contribution in [0.4, 0.5) is 0 Å². The second-order valence-corrected chi connectivity index (χ2v) is 5.73. The van der Waals surface area contributed by atoms with Gasteiger partial charge in [0.25, 0.3) is 5.91 Å². The van der Waals surface area contributed by atoms with E-state index < -0.39 is 0 Å². The van der Waals surface area contributed by atoms with Gasteiger partial charge in [0.2, 0.25) is 5.91 Å². The maximum absolute atomic E-state index is 12.2. The first-order chi connectivity index (χ1) is 10.5. The molecule has 0 spiro atoms. The minimum absolute atomic E-state index is 0.00907. The summed E-state index contributed by atoms with van der Waals surface area (Å²) in [5.41, 5.74) is 1.90. The van der Waals surface area contributed by atoms with Crippen molar-refractivity contribution >= 4 is 17.5 Å². The Morgan fingerprint density at radius 1 is 1.36 bits per heavy atom. The van der Waals surface area contributed by atoms with Crippen LogP contribution in [0.1, 0.15) is 41.9 Å². The molecule has 0 saturated carbocycles. The van der Waals surface area contributed by atoms with E-state index in [4.69, 9.17) is 0 Å². The quantitative estimate of drug-likeness (QED) is 0.833. The van der Waals surface area contributed by atoms with E-state index in [2.05, 4.69) is 10.1 Å². The minimum Gasteiger partial charge on any atom is -0.345 e. The molecule has 1 fully saturated rings. The highest BCUT2D eigenvalue weighted by molar-refractivity contribution is 5.99. The molecule has 1 aliphatic heterocycles. The van der Waals surface area contributed by atoms with Crippen molar-refractivity contribution < 1.29 is 9.59 Å². The molecule has 3 heterocycles. The first kappa shape index (κ1) is 14.5. The molecule has 0 aliphatic carbocycles. The molecular formula is C15H19N5O2. The van der Waals surface area contributed by atoms with E-state index in [-0.39, 0.29) is 17.9 Å². The summed E-state index contributed by atoms with van der Waals surface area (Å²) in [6.07, 6.45) is 5.09. The van der Waals surface area contributed by atoms with Crippen LogP contribution in [0.5, 0.6) is 0 Å². The fourth-order valence-electron chi connectivity index (χ4n) is 3.01. The monoisotopic (exact) mass is 301 g/mol. The summed E-state index contributed by atoms with van der Waals surface area (Å²) in [4.78, 5) is 31.6. The van der Waals surface area contributed by atoms with Crippen molar-refractivity contribution in [2.45, 2.75) is 25.8 Å². The van der Waals surface area contributed by atoms with Crippen LogP contribution in [0, 0.1) is 0 Å². The largest absolute Gasteiger partial charge is 0.345 e. The van der Waals surface area contributed by atoms with Gasteiger partial charge in [-0.25, -0.2) is 9.50 Å². The molecule has 7 nitrogen and oxygen atoms in total. The molecule has 1 atom stereocenters. The molecule has 2 aromatic heterocycles. The first-order valence-electron chi connectivity index (χ1n) is 7.32. The lowest BCUT2D eigenvalue weighted by molar-refractivity contribution is -0.129. The standard InChI is InChI=1S/C15H19N5O2/c1-10(21)19-8-4-5-12(19)13-6-7-16-14-11(9-17-20(13)14)15(22)18(2)3/h6-7,9,12H,4-5,8H2,1-3H3/t12-/m0/s1. The molecule has 0 aromatic carbocycles. The summed E-state index contributed by atoms with van der Waals surface area (Å²) in [5.74, 6) is -0.0706. The third kappa shape index (κ3) is 2.22. The van der Waals surface area contributed by atoms with Crippen LogP contribution < -0.4 is 0 Å². The highest BCUT2D eigenvalue weighted by atomic mass is 16.2. The predicted octanol–water partition coefficient (Wildman–Crippen LogP) is 1.11. The summed E-state index contributed by atoms with van der Waals surface area (Å²) in [6, 6.07) is 1.86. The van der Waals surface area contributed by atoms with Crippen LogP contribution >= 0.6 is 0 Å². The van der Waals surface area contributed by atoms with Gasteiger partial charge in [-0.3, -0.25) is 9.59 Å². The predicted molar refractivity (Wildman–Crippen MR) is 80.4 cm³/mol. The maximum atomic E-state index is 12.2. The van der Waals surface area contributed by atoms with Gasteiger partial charge in [-0.1, -0.05) is 0 Å². The topological polar surface area (TPSA) is 70.8 Å². The van der Waals surface area contributed by atoms with Crippen molar-refractivity contribution in [1.29, 1.82) is 0 Å². The highest BCUT2D eigenvalue weighted by Crippen LogP contribution is 2.32. The minimum atomic E-state index is -0.130. The third-order valence-electron chi connectivity index (χ3n) is 4.07. The molecule has 0 bridgehead atoms. The van der Waals surface area contributed by atoms with E-state index in [0.717, 1.165) is 25.1 Å². The van der Waals surface area contributed by atoms with Crippen LogP contribution in [0.15, 0.2) is 18.5 Å². The molecular weight excluding hydrogens is 282 g/mol. The van der Waals surface area contributed by atoms with Gasteiger partial charge in [0.05, 0.1) is 17.9 Å². The van der Waals surface area contributed by atoms with Crippen LogP contribution in [-0.4, -0.2) is 56.9 Å². The Labute approximate surface area is 128 Å². The fourth-order valence-corrected chi connectivity index (χ4v) is 3.01. The lowest BCUT2D eigenvalue weighted by atomic mass is 10.1. The average Bonchev–Trinajstić information content (AvgIpc) is 3.12. The van der Waals surface area contributed by atoms with E-state index in [9.17, 15) is 9.59 Å². The molecule has 2 amide bonds. The van der Waals surface area contributed by atoms with E-state index in [1.165, 1.54) is 4.90 Å². The maximum Gasteiger partial charge on any atom is 0.258 e. The number of hydrogen-bond donors (Lipinski definition) is 0. The second-order valence-electron chi connectivity index (χ2n) is 5.73. The Morgan fingerprint density at radius 3 is 2.82 bits per heavy atom. The smallest absolute Gasteiger partial charge is 0.258 e. The van der Waals surface area contributed by atoms with Crippen molar-refractivity contribution in [3.63, 3.8) is 0 Å². The van der Waals surface area contributed by atoms with Crippen LogP contribution in [0.2, 0.25) is 0 Å². The van der Waals surface area contributed by atoms with Crippen molar-refractivity contribution in [3.8, 4) is 0 Å². The second kappa shape index (κ2) is 5.40. The van der Waals surface area contributed by atoms with Crippen molar-refractivity contribution in [2.24, 2.45) is 0 Å². The summed E-state index contributed by atoms with van der Waals surface area (Å²) in [6.45, 7) is 2.34. The number of nitrogens with zero attached hydrogens (tertiary/aromatic N) is 5. The number of rotatable bonds is 2. The molecule has 0 radical (unpaired) electrons. The zero-order chi connectivity index (χ0) is 15.9. The molecule has 116 valence electrons. The SMILES string of the molecule is CC(=O)N1CCC[C@H]1c1ccnc2c(C(=O)N(C)C)cnn12. The number of likely N-dealkylation sites (tertiary alicyclic amines) is 1. The molecule has 1 saturated heterocycles. The molecule has 0 N–H and O–H groups in total. The Bertz CT molecular complexity index is 737. The third-order valence-corrected chi connectivity index (χ3v) is 4.07. The summed E-state index contributed by atoms with van der Waals surface area (Å²) in [5, 5.41) is 4.33. The molecule has 1 aliphatic rings. The normalized spacial score (nSPS) is 18.0. The van der Waals surface area contributed by atoms with Gasteiger partial charge < -0.3 is 9.80 Å². The molecule has 3 rings (SSSR count). The van der Waals surface area contributed by atoms with Crippen molar-refractivity contribution in [1.82, 2.24) is 24.4 Å². The van der Waals surface area contributed by atoms with E-state index in [1.807, 2.05) is 11.0 Å². The Kier molecular flexibility index (Phi) is 3.56. The van der Waals surface area contributed by atoms with Gasteiger partial charge >= 0.3 is 0 Å². The first-order valence-corrected chi connectivity index (χ1v) is 7.32. The zero-order valence-electron chi connectivity index (χ0n) is 13.0. The van der Waals surface area contributed by atoms with Gasteiger partial charge in [0.1, 0.15) is 5.56 Å². The fraction of sp³-hybridized carbons (Fsp3) is 0.467. The summed E-state index contributed by atoms with van der Waals surface area (Å²) in [7, 11) is 3.40. The van der Waals surface area contributed by atoms with Crippen molar-refractivity contribution in [2.75, 3.05) is 20.6 Å². The Morgan fingerprint density at radius 2 is 2.14 bits per heavy atom. The summed E-state index contributed by atoms with van der Waals surface area (Å²) >= 11 is 0. The molecule has 2 aromatic rings. The van der Waals surface area contributed by atoms with Crippen molar-refractivity contribution in [3.05, 3.63) is 29.7 Å². The van der Waals surface area contributed by atoms with Gasteiger partial charge in [-0.2, -0.15) is 5.10 Å². The number of aromatic nitrogens is 3.